The van der Waals surface area contributed by atoms with Crippen molar-refractivity contribution in [3.05, 3.63) is 47.8 Å². The minimum absolute atomic E-state index is 0.157. The average Bonchev–Trinajstić information content (AvgIpc) is 2.78. The van der Waals surface area contributed by atoms with E-state index in [9.17, 15) is 32.7 Å². The Labute approximate surface area is 186 Å². The third-order valence-electron chi connectivity index (χ3n) is 5.85. The zero-order chi connectivity index (χ0) is 23.9. The summed E-state index contributed by atoms with van der Waals surface area (Å²) in [5, 5.41) is 14.5. The lowest BCUT2D eigenvalue weighted by molar-refractivity contribution is -0.159. The summed E-state index contributed by atoms with van der Waals surface area (Å²) in [4.78, 5) is 37.9. The van der Waals surface area contributed by atoms with Crippen molar-refractivity contribution in [1.82, 2.24) is 0 Å². The number of aliphatic carboxylic acids is 1. The number of anilines is 3. The Kier molecular flexibility index (Phi) is 5.64. The maximum atomic E-state index is 13.5. The van der Waals surface area contributed by atoms with Gasteiger partial charge >= 0.3 is 5.97 Å². The molecule has 1 fully saturated rings. The largest absolute Gasteiger partial charge is 0.478 e. The number of piperidine rings is 1. The molecule has 2 amide bonds. The van der Waals surface area contributed by atoms with Gasteiger partial charge in [-0.1, -0.05) is 0 Å². The van der Waals surface area contributed by atoms with Crippen molar-refractivity contribution in [2.45, 2.75) is 25.4 Å². The number of carboxylic acids is 1. The molecule has 0 aliphatic carbocycles. The summed E-state index contributed by atoms with van der Waals surface area (Å²) < 4.78 is 45.5. The van der Waals surface area contributed by atoms with Crippen molar-refractivity contribution in [2.75, 3.05) is 28.6 Å². The van der Waals surface area contributed by atoms with E-state index in [2.05, 4.69) is 10.6 Å². The Morgan fingerprint density at radius 2 is 1.79 bits per heavy atom. The lowest BCUT2D eigenvalue weighted by atomic mass is 9.95. The topological polar surface area (TPSA) is 108 Å². The fraction of sp³-hybridized carbons (Fsp3) is 0.318. The molecule has 4 rings (SSSR count). The summed E-state index contributed by atoms with van der Waals surface area (Å²) in [5.41, 5.74) is -1.23. The quantitative estimate of drug-likeness (QED) is 0.475. The van der Waals surface area contributed by atoms with Crippen molar-refractivity contribution in [1.29, 1.82) is 0 Å². The summed E-state index contributed by atoms with van der Waals surface area (Å²) in [6.07, 6.45) is 0.822. The number of benzene rings is 2. The lowest BCUT2D eigenvalue weighted by Crippen LogP contribution is -2.54. The van der Waals surface area contributed by atoms with Gasteiger partial charge in [-0.15, -0.1) is 0 Å². The number of amides is 2. The third kappa shape index (κ3) is 4.18. The highest BCUT2D eigenvalue weighted by Gasteiger charge is 2.47. The molecule has 0 aromatic heterocycles. The molecule has 8 nitrogen and oxygen atoms in total. The maximum absolute atomic E-state index is 13.5. The van der Waals surface area contributed by atoms with E-state index in [1.807, 2.05) is 0 Å². The molecular weight excluding hydrogens is 443 g/mol. The Balaban J connectivity index is 1.39. The lowest BCUT2D eigenvalue weighted by Gasteiger charge is -2.33. The van der Waals surface area contributed by atoms with Crippen LogP contribution in [0.25, 0.3) is 0 Å². The number of carbonyl (C=O) groups is 3. The molecule has 2 heterocycles. The first-order valence-electron chi connectivity index (χ1n) is 10.2. The Bertz CT molecular complexity index is 1130. The van der Waals surface area contributed by atoms with E-state index in [0.717, 1.165) is 19.1 Å². The number of hydrogen-bond acceptors (Lipinski definition) is 5. The van der Waals surface area contributed by atoms with Gasteiger partial charge in [0, 0.05) is 42.5 Å². The number of hydrogen-bond donors (Lipinski definition) is 3. The number of carbonyl (C=O) groups excluding carboxylic acids is 2. The van der Waals surface area contributed by atoms with Crippen LogP contribution in [0, 0.1) is 23.4 Å². The van der Waals surface area contributed by atoms with Crippen LogP contribution >= 0.6 is 0 Å². The van der Waals surface area contributed by atoms with Crippen molar-refractivity contribution in [3.63, 3.8) is 0 Å². The Hall–Kier alpha value is -3.76. The molecular formula is C22H20F3N3O5. The molecule has 1 atom stereocenters. The van der Waals surface area contributed by atoms with Crippen molar-refractivity contribution < 1.29 is 37.4 Å². The van der Waals surface area contributed by atoms with Crippen molar-refractivity contribution >= 4 is 34.8 Å². The van der Waals surface area contributed by atoms with E-state index in [1.165, 1.54) is 18.2 Å². The zero-order valence-corrected chi connectivity index (χ0v) is 17.5. The van der Waals surface area contributed by atoms with Gasteiger partial charge in [-0.3, -0.25) is 9.59 Å². The van der Waals surface area contributed by atoms with Gasteiger partial charge in [0.25, 0.3) is 11.5 Å². The van der Waals surface area contributed by atoms with Gasteiger partial charge in [-0.05, 0) is 38.0 Å². The number of halogens is 3. The predicted octanol–water partition coefficient (Wildman–Crippen LogP) is 3.13. The Morgan fingerprint density at radius 3 is 2.39 bits per heavy atom. The highest BCUT2D eigenvalue weighted by Crippen LogP contribution is 2.36. The number of fused-ring (bicyclic) bond motifs is 1. The molecule has 1 unspecified atom stereocenters. The number of nitrogens with zero attached hydrogens (tertiary/aromatic N) is 1. The third-order valence-corrected chi connectivity index (χ3v) is 5.85. The van der Waals surface area contributed by atoms with E-state index in [-0.39, 0.29) is 28.9 Å². The molecule has 0 spiro atoms. The summed E-state index contributed by atoms with van der Waals surface area (Å²) in [6, 6.07) is 6.29. The molecule has 2 aliphatic rings. The van der Waals surface area contributed by atoms with E-state index >= 15 is 0 Å². The summed E-state index contributed by atoms with van der Waals surface area (Å²) in [7, 11) is 0. The van der Waals surface area contributed by atoms with Gasteiger partial charge in [0.2, 0.25) is 5.91 Å². The van der Waals surface area contributed by atoms with E-state index in [1.54, 1.807) is 4.90 Å². The van der Waals surface area contributed by atoms with E-state index < -0.39 is 34.9 Å². The number of carboxylic acid groups (broad SMARTS) is 1. The molecule has 3 N–H and O–H groups in total. The zero-order valence-electron chi connectivity index (χ0n) is 17.5. The molecule has 2 aromatic carbocycles. The standard InChI is InChI=1S/C22H20F3N3O5/c1-22(21(31)32)20(30)27-16-8-12(2-3-17(16)33-22)26-19(29)11-4-6-28(7-5-11)13-9-14(23)18(25)15(24)10-13/h2-3,8-11H,4-7H2,1H3,(H,26,29)(H,27,30)(H,31,32). The molecule has 1 saturated heterocycles. The van der Waals surface area contributed by atoms with Crippen molar-refractivity contribution in [2.24, 2.45) is 5.92 Å². The molecule has 2 aromatic rings. The minimum atomic E-state index is -2.05. The molecule has 174 valence electrons. The van der Waals surface area contributed by atoms with Crippen LogP contribution in [0.4, 0.5) is 30.2 Å². The van der Waals surface area contributed by atoms with Crippen molar-refractivity contribution in [3.8, 4) is 5.75 Å². The smallest absolute Gasteiger partial charge is 0.357 e. The van der Waals surface area contributed by atoms with Gasteiger partial charge in [-0.2, -0.15) is 0 Å². The van der Waals surface area contributed by atoms with E-state index in [0.29, 0.717) is 31.6 Å². The van der Waals surface area contributed by atoms with Gasteiger partial charge in [0.15, 0.2) is 17.5 Å². The van der Waals surface area contributed by atoms with Gasteiger partial charge in [-0.25, -0.2) is 18.0 Å². The summed E-state index contributed by atoms with van der Waals surface area (Å²) >= 11 is 0. The first kappa shape index (κ1) is 22.4. The number of nitrogens with one attached hydrogen (secondary N) is 2. The van der Waals surface area contributed by atoms with Gasteiger partial charge in [0.05, 0.1) is 5.69 Å². The highest BCUT2D eigenvalue weighted by atomic mass is 19.2. The first-order valence-corrected chi connectivity index (χ1v) is 10.2. The van der Waals surface area contributed by atoms with Crippen LogP contribution in [0.15, 0.2) is 30.3 Å². The second-order valence-corrected chi connectivity index (χ2v) is 8.08. The molecule has 0 bridgehead atoms. The molecule has 33 heavy (non-hydrogen) atoms. The van der Waals surface area contributed by atoms with Crippen LogP contribution in [-0.4, -0.2) is 41.6 Å². The maximum Gasteiger partial charge on any atom is 0.357 e. The van der Waals surface area contributed by atoms with E-state index in [4.69, 9.17) is 4.74 Å². The average molecular weight is 463 g/mol. The monoisotopic (exact) mass is 463 g/mol. The molecule has 0 radical (unpaired) electrons. The number of ether oxygens (including phenoxy) is 1. The van der Waals surface area contributed by atoms with Crippen LogP contribution < -0.4 is 20.3 Å². The highest BCUT2D eigenvalue weighted by molar-refractivity contribution is 6.13. The molecule has 2 aliphatic heterocycles. The SMILES string of the molecule is CC1(C(=O)O)Oc2ccc(NC(=O)C3CCN(c4cc(F)c(F)c(F)c4)CC3)cc2NC1=O. The van der Waals surface area contributed by atoms with Crippen LogP contribution in [0.3, 0.4) is 0 Å². The second-order valence-electron chi connectivity index (χ2n) is 8.08. The van der Waals surface area contributed by atoms with Crippen LogP contribution in [0.2, 0.25) is 0 Å². The fourth-order valence-electron chi connectivity index (χ4n) is 3.81. The number of rotatable bonds is 4. The summed E-state index contributed by atoms with van der Waals surface area (Å²) in [5.74, 6) is -6.81. The van der Waals surface area contributed by atoms with Crippen LogP contribution in [0.1, 0.15) is 19.8 Å². The molecule has 11 heteroatoms. The Morgan fingerprint density at radius 1 is 1.15 bits per heavy atom. The van der Waals surface area contributed by atoms with Crippen LogP contribution in [-0.2, 0) is 14.4 Å². The first-order chi connectivity index (χ1) is 15.6. The van der Waals surface area contributed by atoms with Gasteiger partial charge in [0.1, 0.15) is 5.75 Å². The minimum Gasteiger partial charge on any atom is -0.478 e. The fourth-order valence-corrected chi connectivity index (χ4v) is 3.81. The van der Waals surface area contributed by atoms with Gasteiger partial charge < -0.3 is 25.4 Å². The second kappa shape index (κ2) is 8.30. The van der Waals surface area contributed by atoms with Crippen LogP contribution in [0.5, 0.6) is 5.75 Å². The molecule has 0 saturated carbocycles. The normalized spacial score (nSPS) is 20.5. The summed E-state index contributed by atoms with van der Waals surface area (Å²) in [6.45, 7) is 1.85. The predicted molar refractivity (Wildman–Crippen MR) is 112 cm³/mol.